The Morgan fingerprint density at radius 2 is 1.94 bits per heavy atom. The minimum absolute atomic E-state index is 0.469. The van der Waals surface area contributed by atoms with Crippen LogP contribution in [0.4, 0.5) is 0 Å². The Kier molecular flexibility index (Phi) is 4.79. The summed E-state index contributed by atoms with van der Waals surface area (Å²) in [5.41, 5.74) is 1.92. The molecule has 0 aromatic carbocycles. The van der Waals surface area contributed by atoms with E-state index in [4.69, 9.17) is 0 Å². The zero-order valence-electron chi connectivity index (χ0n) is 10.1. The Morgan fingerprint density at radius 3 is 2.56 bits per heavy atom. The monoisotopic (exact) mass is 238 g/mol. The summed E-state index contributed by atoms with van der Waals surface area (Å²) >= 11 is 1.76. The molecule has 2 nitrogen and oxygen atoms in total. The molecular formula is C13H22N2S. The quantitative estimate of drug-likeness (QED) is 0.863. The first-order valence-corrected chi connectivity index (χ1v) is 7.38. The van der Waals surface area contributed by atoms with Crippen LogP contribution in [-0.2, 0) is 0 Å². The van der Waals surface area contributed by atoms with Crippen molar-refractivity contribution < 1.29 is 0 Å². The van der Waals surface area contributed by atoms with Crippen LogP contribution in [-0.4, -0.2) is 11.0 Å². The zero-order valence-corrected chi connectivity index (χ0v) is 10.9. The van der Waals surface area contributed by atoms with Crippen LogP contribution in [0, 0.1) is 0 Å². The molecule has 3 heteroatoms. The van der Waals surface area contributed by atoms with E-state index in [0.29, 0.717) is 6.04 Å². The molecule has 1 heterocycles. The molecule has 1 atom stereocenters. The molecule has 1 N–H and O–H groups in total. The van der Waals surface area contributed by atoms with E-state index in [1.165, 1.54) is 49.8 Å². The summed E-state index contributed by atoms with van der Waals surface area (Å²) in [4.78, 5) is 5.51. The van der Waals surface area contributed by atoms with Crippen LogP contribution in [0.1, 0.15) is 62.8 Å². The molecule has 1 fully saturated rings. The van der Waals surface area contributed by atoms with Crippen LogP contribution in [0.25, 0.3) is 0 Å². The van der Waals surface area contributed by atoms with Crippen molar-refractivity contribution >= 4 is 11.3 Å². The van der Waals surface area contributed by atoms with Gasteiger partial charge in [0, 0.05) is 23.2 Å². The molecule has 90 valence electrons. The average molecular weight is 238 g/mol. The predicted octanol–water partition coefficient (Wildman–Crippen LogP) is 3.91. The molecule has 1 saturated carbocycles. The SMILES string of the molecule is CC(NC1CCCCCCC1)c1cncs1. The molecule has 1 unspecified atom stereocenters. The topological polar surface area (TPSA) is 24.9 Å². The molecule has 1 aromatic heterocycles. The molecule has 16 heavy (non-hydrogen) atoms. The van der Waals surface area contributed by atoms with Gasteiger partial charge in [0.25, 0.3) is 0 Å². The van der Waals surface area contributed by atoms with E-state index in [9.17, 15) is 0 Å². The van der Waals surface area contributed by atoms with Crippen molar-refractivity contribution in [2.24, 2.45) is 0 Å². The third-order valence-electron chi connectivity index (χ3n) is 3.47. The van der Waals surface area contributed by atoms with Crippen molar-refractivity contribution in [2.75, 3.05) is 0 Å². The first-order valence-electron chi connectivity index (χ1n) is 6.50. The Bertz CT molecular complexity index is 276. The number of nitrogens with one attached hydrogen (secondary N) is 1. The molecule has 0 bridgehead atoms. The lowest BCUT2D eigenvalue weighted by Gasteiger charge is -2.24. The largest absolute Gasteiger partial charge is 0.307 e. The summed E-state index contributed by atoms with van der Waals surface area (Å²) in [5.74, 6) is 0. The first-order chi connectivity index (χ1) is 7.86. The first kappa shape index (κ1) is 12.1. The second kappa shape index (κ2) is 6.36. The van der Waals surface area contributed by atoms with Crippen molar-refractivity contribution in [3.8, 4) is 0 Å². The van der Waals surface area contributed by atoms with Crippen molar-refractivity contribution in [3.05, 3.63) is 16.6 Å². The molecule has 1 aliphatic rings. The standard InChI is InChI=1S/C13H22N2S/c1-11(13-9-14-10-16-13)15-12-7-5-3-2-4-6-8-12/h9-12,15H,2-8H2,1H3. The van der Waals surface area contributed by atoms with Gasteiger partial charge in [-0.3, -0.25) is 4.98 Å². The lowest BCUT2D eigenvalue weighted by molar-refractivity contribution is 0.364. The second-order valence-electron chi connectivity index (χ2n) is 4.83. The van der Waals surface area contributed by atoms with E-state index in [-0.39, 0.29) is 0 Å². The van der Waals surface area contributed by atoms with Gasteiger partial charge in [-0.25, -0.2) is 0 Å². The van der Waals surface area contributed by atoms with E-state index in [2.05, 4.69) is 17.2 Å². The molecule has 2 rings (SSSR count). The van der Waals surface area contributed by atoms with Gasteiger partial charge in [-0.05, 0) is 19.8 Å². The molecule has 0 aliphatic heterocycles. The van der Waals surface area contributed by atoms with E-state index in [0.717, 1.165) is 6.04 Å². The van der Waals surface area contributed by atoms with Crippen LogP contribution in [0.5, 0.6) is 0 Å². The predicted molar refractivity (Wildman–Crippen MR) is 69.8 cm³/mol. The maximum absolute atomic E-state index is 4.15. The molecule has 1 aliphatic carbocycles. The maximum Gasteiger partial charge on any atom is 0.0794 e. The summed E-state index contributed by atoms with van der Waals surface area (Å²) in [6.07, 6.45) is 11.8. The second-order valence-corrected chi connectivity index (χ2v) is 5.75. The van der Waals surface area contributed by atoms with Crippen molar-refractivity contribution in [2.45, 2.75) is 64.0 Å². The number of rotatable bonds is 3. The Hall–Kier alpha value is -0.410. The lowest BCUT2D eigenvalue weighted by Crippen LogP contribution is -2.31. The molecule has 0 spiro atoms. The van der Waals surface area contributed by atoms with Crippen molar-refractivity contribution in [3.63, 3.8) is 0 Å². The highest BCUT2D eigenvalue weighted by Gasteiger charge is 2.15. The number of hydrogen-bond donors (Lipinski definition) is 1. The van der Waals surface area contributed by atoms with Gasteiger partial charge < -0.3 is 5.32 Å². The minimum Gasteiger partial charge on any atom is -0.307 e. The van der Waals surface area contributed by atoms with Crippen molar-refractivity contribution in [1.82, 2.24) is 10.3 Å². The number of thiazole rings is 1. The number of aromatic nitrogens is 1. The molecule has 0 saturated heterocycles. The van der Waals surface area contributed by atoms with Crippen LogP contribution in [0.2, 0.25) is 0 Å². The van der Waals surface area contributed by atoms with Gasteiger partial charge in [-0.15, -0.1) is 11.3 Å². The summed E-state index contributed by atoms with van der Waals surface area (Å²) in [5, 5.41) is 3.76. The fourth-order valence-electron chi connectivity index (χ4n) is 2.50. The third kappa shape index (κ3) is 3.56. The maximum atomic E-state index is 4.15. The lowest BCUT2D eigenvalue weighted by atomic mass is 9.96. The summed E-state index contributed by atoms with van der Waals surface area (Å²) in [7, 11) is 0. The van der Waals surface area contributed by atoms with Gasteiger partial charge >= 0.3 is 0 Å². The van der Waals surface area contributed by atoms with Gasteiger partial charge in [0.1, 0.15) is 0 Å². The number of nitrogens with zero attached hydrogens (tertiary/aromatic N) is 1. The summed E-state index contributed by atoms with van der Waals surface area (Å²) in [6.45, 7) is 2.26. The van der Waals surface area contributed by atoms with Crippen LogP contribution < -0.4 is 5.32 Å². The zero-order chi connectivity index (χ0) is 11.2. The fourth-order valence-corrected chi connectivity index (χ4v) is 3.14. The smallest absolute Gasteiger partial charge is 0.0794 e. The van der Waals surface area contributed by atoms with E-state index in [1.54, 1.807) is 11.3 Å². The molecular weight excluding hydrogens is 216 g/mol. The minimum atomic E-state index is 0.469. The van der Waals surface area contributed by atoms with Gasteiger partial charge in [0.15, 0.2) is 0 Å². The van der Waals surface area contributed by atoms with Crippen LogP contribution in [0.3, 0.4) is 0 Å². The Balaban J connectivity index is 1.82. The van der Waals surface area contributed by atoms with E-state index >= 15 is 0 Å². The molecule has 0 radical (unpaired) electrons. The van der Waals surface area contributed by atoms with Gasteiger partial charge in [0.2, 0.25) is 0 Å². The van der Waals surface area contributed by atoms with E-state index in [1.807, 2.05) is 11.7 Å². The molecule has 0 amide bonds. The highest BCUT2D eigenvalue weighted by atomic mass is 32.1. The third-order valence-corrected chi connectivity index (χ3v) is 4.43. The van der Waals surface area contributed by atoms with Crippen LogP contribution >= 0.6 is 11.3 Å². The van der Waals surface area contributed by atoms with Crippen molar-refractivity contribution in [1.29, 1.82) is 0 Å². The fraction of sp³-hybridized carbons (Fsp3) is 0.769. The highest BCUT2D eigenvalue weighted by Crippen LogP contribution is 2.22. The summed E-state index contributed by atoms with van der Waals surface area (Å²) in [6, 6.07) is 1.19. The average Bonchev–Trinajstić information content (AvgIpc) is 2.74. The van der Waals surface area contributed by atoms with Crippen LogP contribution in [0.15, 0.2) is 11.7 Å². The van der Waals surface area contributed by atoms with E-state index < -0.39 is 0 Å². The highest BCUT2D eigenvalue weighted by molar-refractivity contribution is 7.09. The van der Waals surface area contributed by atoms with Gasteiger partial charge in [-0.1, -0.05) is 32.1 Å². The molecule has 1 aromatic rings. The number of hydrogen-bond acceptors (Lipinski definition) is 3. The normalized spacial score (nSPS) is 21.3. The van der Waals surface area contributed by atoms with Gasteiger partial charge in [-0.2, -0.15) is 0 Å². The summed E-state index contributed by atoms with van der Waals surface area (Å²) < 4.78 is 0. The Morgan fingerprint density at radius 1 is 1.25 bits per heavy atom. The Labute approximate surface area is 102 Å². The van der Waals surface area contributed by atoms with Gasteiger partial charge in [0.05, 0.1) is 5.51 Å².